The average Bonchev–Trinajstić information content (AvgIpc) is 2.17. The second kappa shape index (κ2) is 5.68. The molecule has 1 aliphatic rings. The normalized spacial score (nSPS) is 20.7. The molecule has 1 atom stereocenters. The van der Waals surface area contributed by atoms with Crippen LogP contribution in [0.4, 0.5) is 13.2 Å². The van der Waals surface area contributed by atoms with Gasteiger partial charge in [0.15, 0.2) is 0 Å². The fraction of sp³-hybridized carbons (Fsp3) is 0.818. The van der Waals surface area contributed by atoms with Crippen LogP contribution < -0.4 is 5.73 Å². The van der Waals surface area contributed by atoms with Gasteiger partial charge >= 0.3 is 6.18 Å². The molecule has 0 aromatic heterocycles. The van der Waals surface area contributed by atoms with Gasteiger partial charge < -0.3 is 5.73 Å². The van der Waals surface area contributed by atoms with Crippen LogP contribution in [-0.4, -0.2) is 37.3 Å². The van der Waals surface area contributed by atoms with Crippen LogP contribution in [0.5, 0.6) is 0 Å². The van der Waals surface area contributed by atoms with E-state index in [4.69, 9.17) is 5.73 Å². The number of halogens is 3. The molecule has 0 saturated carbocycles. The van der Waals surface area contributed by atoms with Gasteiger partial charge in [-0.1, -0.05) is 13.0 Å². The Bertz CT molecular complexity index is 248. The highest BCUT2D eigenvalue weighted by Crippen LogP contribution is 2.30. The van der Waals surface area contributed by atoms with Crippen molar-refractivity contribution >= 4 is 0 Å². The monoisotopic (exact) mass is 236 g/mol. The Kier molecular flexibility index (Phi) is 4.80. The molecule has 0 aromatic rings. The number of hydrogen-bond donors (Lipinski definition) is 1. The summed E-state index contributed by atoms with van der Waals surface area (Å²) in [6.07, 6.45) is -1.81. The van der Waals surface area contributed by atoms with Crippen LogP contribution in [0.25, 0.3) is 0 Å². The first-order valence-electron chi connectivity index (χ1n) is 5.62. The van der Waals surface area contributed by atoms with Crippen LogP contribution in [0.1, 0.15) is 19.8 Å². The maximum Gasteiger partial charge on any atom is 0.412 e. The average molecular weight is 236 g/mol. The van der Waals surface area contributed by atoms with Crippen molar-refractivity contribution in [3.05, 3.63) is 11.6 Å². The van der Waals surface area contributed by atoms with E-state index in [0.29, 0.717) is 25.6 Å². The first kappa shape index (κ1) is 13.5. The predicted octanol–water partition coefficient (Wildman–Crippen LogP) is 2.17. The summed E-state index contributed by atoms with van der Waals surface area (Å²) in [7, 11) is 0. The van der Waals surface area contributed by atoms with Gasteiger partial charge in [0.2, 0.25) is 0 Å². The van der Waals surface area contributed by atoms with Crippen molar-refractivity contribution in [1.29, 1.82) is 0 Å². The molecular formula is C11H19F3N2. The summed E-state index contributed by atoms with van der Waals surface area (Å²) in [4.78, 5) is 2.05. The van der Waals surface area contributed by atoms with Crippen molar-refractivity contribution in [3.63, 3.8) is 0 Å². The molecule has 0 aliphatic carbocycles. The van der Waals surface area contributed by atoms with E-state index < -0.39 is 6.18 Å². The van der Waals surface area contributed by atoms with Crippen LogP contribution in [0, 0.1) is 5.92 Å². The van der Waals surface area contributed by atoms with Crippen molar-refractivity contribution in [2.45, 2.75) is 25.9 Å². The SMILES string of the molecule is CC(CCN)CN1CC=C(C(F)(F)F)CC1. The zero-order chi connectivity index (χ0) is 12.2. The topological polar surface area (TPSA) is 29.3 Å². The highest BCUT2D eigenvalue weighted by atomic mass is 19.4. The first-order valence-corrected chi connectivity index (χ1v) is 5.62. The Morgan fingerprint density at radius 1 is 1.50 bits per heavy atom. The van der Waals surface area contributed by atoms with Crippen LogP contribution in [0.2, 0.25) is 0 Å². The molecule has 1 aliphatic heterocycles. The lowest BCUT2D eigenvalue weighted by Crippen LogP contribution is -2.35. The van der Waals surface area contributed by atoms with Gasteiger partial charge in [-0.2, -0.15) is 13.2 Å². The first-order chi connectivity index (χ1) is 7.43. The zero-order valence-electron chi connectivity index (χ0n) is 9.56. The van der Waals surface area contributed by atoms with Crippen molar-refractivity contribution in [1.82, 2.24) is 4.90 Å². The summed E-state index contributed by atoms with van der Waals surface area (Å²) in [6, 6.07) is 0. The highest BCUT2D eigenvalue weighted by Gasteiger charge is 2.34. The molecule has 1 rings (SSSR count). The zero-order valence-corrected chi connectivity index (χ0v) is 9.56. The van der Waals surface area contributed by atoms with Crippen molar-refractivity contribution in [2.75, 3.05) is 26.2 Å². The molecule has 5 heteroatoms. The van der Waals surface area contributed by atoms with Gasteiger partial charge in [-0.15, -0.1) is 0 Å². The van der Waals surface area contributed by atoms with Crippen molar-refractivity contribution < 1.29 is 13.2 Å². The third kappa shape index (κ3) is 4.14. The number of rotatable bonds is 4. The van der Waals surface area contributed by atoms with E-state index >= 15 is 0 Å². The van der Waals surface area contributed by atoms with E-state index in [2.05, 4.69) is 11.8 Å². The van der Waals surface area contributed by atoms with Gasteiger partial charge in [-0.05, 0) is 25.3 Å². The maximum atomic E-state index is 12.3. The summed E-state index contributed by atoms with van der Waals surface area (Å²) >= 11 is 0. The van der Waals surface area contributed by atoms with Gasteiger partial charge in [0.25, 0.3) is 0 Å². The summed E-state index contributed by atoms with van der Waals surface area (Å²) in [6.45, 7) is 4.46. The Labute approximate surface area is 94.3 Å². The lowest BCUT2D eigenvalue weighted by molar-refractivity contribution is -0.0960. The minimum absolute atomic E-state index is 0.110. The summed E-state index contributed by atoms with van der Waals surface area (Å²) in [5, 5.41) is 0. The van der Waals surface area contributed by atoms with Crippen molar-refractivity contribution in [3.8, 4) is 0 Å². The highest BCUT2D eigenvalue weighted by molar-refractivity contribution is 5.12. The van der Waals surface area contributed by atoms with E-state index in [0.717, 1.165) is 13.0 Å². The molecule has 2 N–H and O–H groups in total. The second-order valence-corrected chi connectivity index (χ2v) is 4.42. The summed E-state index contributed by atoms with van der Waals surface area (Å²) in [5.74, 6) is 0.450. The standard InChI is InChI=1S/C11H19F3N2/c1-9(2-5-15)8-16-6-3-10(4-7-16)11(12,13)14/h3,9H,2,4-8,15H2,1H3. The smallest absolute Gasteiger partial charge is 0.330 e. The maximum absolute atomic E-state index is 12.3. The second-order valence-electron chi connectivity index (χ2n) is 4.42. The fourth-order valence-corrected chi connectivity index (χ4v) is 1.95. The Balaban J connectivity index is 2.39. The fourth-order valence-electron chi connectivity index (χ4n) is 1.95. The van der Waals surface area contributed by atoms with Gasteiger partial charge in [0.05, 0.1) is 0 Å². The third-order valence-electron chi connectivity index (χ3n) is 2.89. The number of nitrogens with two attached hydrogens (primary N) is 1. The van der Waals surface area contributed by atoms with Crippen LogP contribution in [-0.2, 0) is 0 Å². The predicted molar refractivity (Wildman–Crippen MR) is 58.0 cm³/mol. The minimum Gasteiger partial charge on any atom is -0.330 e. The van der Waals surface area contributed by atoms with Crippen LogP contribution in [0.3, 0.4) is 0 Å². The van der Waals surface area contributed by atoms with E-state index in [1.807, 2.05) is 0 Å². The Morgan fingerprint density at radius 2 is 2.19 bits per heavy atom. The van der Waals surface area contributed by atoms with Crippen molar-refractivity contribution in [2.24, 2.45) is 11.7 Å². The third-order valence-corrected chi connectivity index (χ3v) is 2.89. The molecule has 0 fully saturated rings. The molecule has 94 valence electrons. The van der Waals surface area contributed by atoms with Gasteiger partial charge in [-0.3, -0.25) is 4.90 Å². The Morgan fingerprint density at radius 3 is 2.62 bits per heavy atom. The van der Waals surface area contributed by atoms with E-state index in [-0.39, 0.29) is 12.0 Å². The van der Waals surface area contributed by atoms with Gasteiger partial charge in [-0.25, -0.2) is 0 Å². The van der Waals surface area contributed by atoms with E-state index in [1.165, 1.54) is 6.08 Å². The molecule has 16 heavy (non-hydrogen) atoms. The number of hydrogen-bond acceptors (Lipinski definition) is 2. The minimum atomic E-state index is -4.14. The lowest BCUT2D eigenvalue weighted by atomic mass is 10.0. The van der Waals surface area contributed by atoms with E-state index in [1.54, 1.807) is 0 Å². The molecule has 0 spiro atoms. The molecule has 0 radical (unpaired) electrons. The summed E-state index contributed by atoms with van der Waals surface area (Å²) in [5.41, 5.74) is 5.06. The molecule has 1 unspecified atom stereocenters. The molecule has 0 aromatic carbocycles. The van der Waals surface area contributed by atoms with Crippen LogP contribution in [0.15, 0.2) is 11.6 Å². The quantitative estimate of drug-likeness (QED) is 0.758. The molecule has 0 saturated heterocycles. The Hall–Kier alpha value is -0.550. The molecule has 1 heterocycles. The number of nitrogens with zero attached hydrogens (tertiary/aromatic N) is 1. The molecule has 0 bridgehead atoms. The van der Waals surface area contributed by atoms with E-state index in [9.17, 15) is 13.2 Å². The molecule has 0 amide bonds. The summed E-state index contributed by atoms with van der Waals surface area (Å²) < 4.78 is 37.0. The lowest BCUT2D eigenvalue weighted by Gasteiger charge is -2.29. The van der Waals surface area contributed by atoms with Crippen LogP contribution >= 0.6 is 0 Å². The number of alkyl halides is 3. The molecule has 2 nitrogen and oxygen atoms in total. The van der Waals surface area contributed by atoms with Gasteiger partial charge in [0.1, 0.15) is 0 Å². The van der Waals surface area contributed by atoms with Gasteiger partial charge in [0, 0.05) is 25.2 Å². The largest absolute Gasteiger partial charge is 0.412 e. The molecular weight excluding hydrogens is 217 g/mol.